The number of hydrogen-bond acceptors (Lipinski definition) is 12. The van der Waals surface area contributed by atoms with Crippen LogP contribution >= 0.6 is 0 Å². The van der Waals surface area contributed by atoms with Gasteiger partial charge in [0.05, 0.1) is 51.3 Å². The van der Waals surface area contributed by atoms with Crippen LogP contribution in [0.3, 0.4) is 0 Å². The first kappa shape index (κ1) is 83.9. The Hall–Kier alpha value is -6.16. The maximum Gasteiger partial charge on any atom is 0.133 e. The number of hydrogen-bond donors (Lipinski definition) is 8. The molecule has 6 rings (SSSR count). The number of rotatable bonds is 34. The van der Waals surface area contributed by atoms with E-state index in [-0.39, 0.29) is 88.9 Å². The molecule has 3 atom stereocenters. The molecule has 1 aliphatic rings. The van der Waals surface area contributed by atoms with E-state index < -0.39 is 0 Å². The molecular formula is C76H115F3N2O11. The summed E-state index contributed by atoms with van der Waals surface area (Å²) in [5, 5.41) is 60.1. The lowest BCUT2D eigenvalue weighted by Gasteiger charge is -2.31. The molecule has 0 amide bonds. The number of nitrogens with two attached hydrogens (primary N) is 1. The first-order valence-electron chi connectivity index (χ1n) is 33.7. The second kappa shape index (κ2) is 54.3. The average Bonchev–Trinajstić information content (AvgIpc) is 1.96. The molecule has 0 bridgehead atoms. The first-order valence-corrected chi connectivity index (χ1v) is 33.7. The van der Waals surface area contributed by atoms with Gasteiger partial charge in [-0.2, -0.15) is 0 Å². The van der Waals surface area contributed by atoms with Crippen molar-refractivity contribution in [2.24, 2.45) is 17.6 Å². The summed E-state index contributed by atoms with van der Waals surface area (Å²) in [5.74, 6) is 8.96. The molecule has 0 radical (unpaired) electrons. The molecule has 5 aromatic rings. The molecule has 1 aliphatic carbocycles. The van der Waals surface area contributed by atoms with E-state index in [1.165, 1.54) is 86.9 Å². The van der Waals surface area contributed by atoms with Crippen LogP contribution in [0.4, 0.5) is 13.2 Å². The van der Waals surface area contributed by atoms with E-state index in [2.05, 4.69) is 59.4 Å². The average molecular weight is 1290 g/mol. The standard InChI is InChI=1S/2C13H19FO2.C13H20N2O2.C13H16O.C12H17FO2.C12H24O2/c1-10(2)3-4-11-5-6-12(14)9-13(11)16-8-7-15;1-3-4-5-11-6-7-12(14)8-13(11)16-10(2)9-15;1-2-3-5-10-6-4-7-11(13(14)15)12(10)17-9-8-16;1-2-3-7-12-8-4-5-9-13(12)10-6-11-14;1-2-3-4-10-5-6-11(13)9-12(10)15-8-7-14;1-2-3-6-11-7-4-5-8-12(11)14-10-9-13/h5-6,9-10,15H,3-4,7-8H2,1-2H3;6-8,10,15H,3-5,9H2,1-2H3;4,6-7,16H,2-3,5,8-9H2,1H3,(H3,14,15);4-5,8-9,14H,2,6,10-11H2,1H3;5-6,9,14H,2-4,7-8H2,1H3;11-13H,2-10H2,1H3/t;10-;;;;/m.1..../s1. The number of nitrogen functional groups attached to an aromatic ring is 1. The van der Waals surface area contributed by atoms with E-state index in [9.17, 15) is 13.2 Å². The molecular weight excluding hydrogens is 1170 g/mol. The van der Waals surface area contributed by atoms with Crippen LogP contribution in [0.2, 0.25) is 0 Å². The number of aryl methyl sites for hydroxylation is 5. The van der Waals surface area contributed by atoms with Gasteiger partial charge in [-0.25, -0.2) is 13.2 Å². The number of halogens is 3. The Morgan fingerprint density at radius 1 is 0.543 bits per heavy atom. The molecule has 1 fully saturated rings. The maximum atomic E-state index is 13.1. The van der Waals surface area contributed by atoms with Crippen molar-refractivity contribution in [1.29, 1.82) is 5.41 Å². The van der Waals surface area contributed by atoms with E-state index >= 15 is 0 Å². The summed E-state index contributed by atoms with van der Waals surface area (Å²) in [5.41, 5.74) is 12.5. The van der Waals surface area contributed by atoms with E-state index in [1.807, 2.05) is 37.3 Å². The third kappa shape index (κ3) is 37.5. The van der Waals surface area contributed by atoms with Gasteiger partial charge in [-0.15, -0.1) is 0 Å². The van der Waals surface area contributed by atoms with Gasteiger partial charge >= 0.3 is 0 Å². The largest absolute Gasteiger partial charge is 0.491 e. The Kier molecular flexibility index (Phi) is 49.5. The maximum absolute atomic E-state index is 13.1. The molecule has 16 heteroatoms. The van der Waals surface area contributed by atoms with Gasteiger partial charge in [0.25, 0.3) is 0 Å². The number of ether oxygens (including phenoxy) is 5. The Morgan fingerprint density at radius 2 is 1.03 bits per heavy atom. The van der Waals surface area contributed by atoms with Crippen LogP contribution in [-0.4, -0.2) is 115 Å². The highest BCUT2D eigenvalue weighted by Crippen LogP contribution is 2.31. The molecule has 0 heterocycles. The summed E-state index contributed by atoms with van der Waals surface area (Å²) in [7, 11) is 0. The topological polar surface area (TPSA) is 217 Å². The highest BCUT2D eigenvalue weighted by molar-refractivity contribution is 5.98. The van der Waals surface area contributed by atoms with Crippen molar-refractivity contribution in [2.45, 2.75) is 202 Å². The number of aliphatic hydroxyl groups excluding tert-OH is 6. The number of aliphatic hydroxyl groups is 6. The lowest BCUT2D eigenvalue weighted by molar-refractivity contribution is -0.0276. The third-order valence-corrected chi connectivity index (χ3v) is 14.7. The third-order valence-electron chi connectivity index (χ3n) is 14.7. The van der Waals surface area contributed by atoms with Crippen molar-refractivity contribution >= 4 is 5.84 Å². The van der Waals surface area contributed by atoms with Crippen LogP contribution in [0, 0.1) is 46.5 Å². The number of benzene rings is 5. The van der Waals surface area contributed by atoms with Crippen molar-refractivity contribution in [3.8, 4) is 34.8 Å². The molecule has 92 heavy (non-hydrogen) atoms. The summed E-state index contributed by atoms with van der Waals surface area (Å²) in [6.07, 6.45) is 22.9. The van der Waals surface area contributed by atoms with Crippen molar-refractivity contribution in [1.82, 2.24) is 0 Å². The SMILES string of the molecule is CC(C)CCc1ccc(F)cc1OCCO.CCC#Cc1ccccc1CCCO.CCCCC1CCCCC1OCCO.CCCCc1ccc(F)cc1OCCO.CCCCc1ccc(F)cc1O[C@H](C)CO.CCCCc1cccc(C(=N)N)c1OCCO. The summed E-state index contributed by atoms with van der Waals surface area (Å²) >= 11 is 0. The van der Waals surface area contributed by atoms with Gasteiger partial charge in [0.15, 0.2) is 0 Å². The van der Waals surface area contributed by atoms with E-state index in [1.54, 1.807) is 31.2 Å². The minimum Gasteiger partial charge on any atom is -0.491 e. The monoisotopic (exact) mass is 1290 g/mol. The fraction of sp³-hybridized carbons (Fsp3) is 0.566. The van der Waals surface area contributed by atoms with Crippen molar-refractivity contribution in [3.63, 3.8) is 0 Å². The summed E-state index contributed by atoms with van der Waals surface area (Å²) < 4.78 is 66.3. The lowest BCUT2D eigenvalue weighted by atomic mass is 9.83. The molecule has 0 spiro atoms. The van der Waals surface area contributed by atoms with Gasteiger partial charge in [-0.3, -0.25) is 5.41 Å². The Labute approximate surface area is 550 Å². The molecule has 9 N–H and O–H groups in total. The normalized spacial score (nSPS) is 13.3. The quantitative estimate of drug-likeness (QED) is 0.0110. The molecule has 0 aromatic heterocycles. The molecule has 516 valence electrons. The molecule has 13 nitrogen and oxygen atoms in total. The predicted octanol–water partition coefficient (Wildman–Crippen LogP) is 15.1. The zero-order chi connectivity index (χ0) is 68.2. The summed E-state index contributed by atoms with van der Waals surface area (Å²) in [6.45, 7) is 18.1. The van der Waals surface area contributed by atoms with Crippen molar-refractivity contribution < 1.29 is 67.5 Å². The van der Waals surface area contributed by atoms with Gasteiger partial charge in [0.1, 0.15) is 72.2 Å². The Morgan fingerprint density at radius 3 is 1.54 bits per heavy atom. The van der Waals surface area contributed by atoms with E-state index in [4.69, 9.17) is 65.5 Å². The van der Waals surface area contributed by atoms with Crippen molar-refractivity contribution in [2.75, 3.05) is 66.1 Å². The smallest absolute Gasteiger partial charge is 0.133 e. The molecule has 1 saturated carbocycles. The van der Waals surface area contributed by atoms with Gasteiger partial charge in [0, 0.05) is 36.8 Å². The minimum absolute atomic E-state index is 0.00344. The molecule has 0 saturated heterocycles. The lowest BCUT2D eigenvalue weighted by Crippen LogP contribution is -2.28. The van der Waals surface area contributed by atoms with Crippen LogP contribution in [0.5, 0.6) is 23.0 Å². The zero-order valence-corrected chi connectivity index (χ0v) is 56.9. The number of nitrogens with one attached hydrogen (secondary N) is 1. The molecule has 0 aliphatic heterocycles. The van der Waals surface area contributed by atoms with Crippen LogP contribution < -0.4 is 24.7 Å². The van der Waals surface area contributed by atoms with Crippen molar-refractivity contribution in [3.05, 3.63) is 153 Å². The highest BCUT2D eigenvalue weighted by Gasteiger charge is 2.25. The predicted molar refractivity (Wildman–Crippen MR) is 368 cm³/mol. The van der Waals surface area contributed by atoms with Gasteiger partial charge < -0.3 is 60.1 Å². The summed E-state index contributed by atoms with van der Waals surface area (Å²) in [6, 6.07) is 27.5. The van der Waals surface area contributed by atoms with Gasteiger partial charge in [-0.05, 0) is 160 Å². The Bertz CT molecular complexity index is 2720. The minimum atomic E-state index is -0.305. The molecule has 5 aromatic carbocycles. The number of para-hydroxylation sites is 1. The number of unbranched alkanes of at least 4 members (excludes halogenated alkanes) is 4. The number of amidine groups is 1. The Balaban J connectivity index is 0.000000553. The van der Waals surface area contributed by atoms with Crippen LogP contribution in [0.25, 0.3) is 0 Å². The second-order valence-electron chi connectivity index (χ2n) is 23.0. The van der Waals surface area contributed by atoms with Crippen LogP contribution in [0.15, 0.2) is 97.1 Å². The van der Waals surface area contributed by atoms with Gasteiger partial charge in [-0.1, -0.05) is 154 Å². The fourth-order valence-corrected chi connectivity index (χ4v) is 9.71. The summed E-state index contributed by atoms with van der Waals surface area (Å²) in [4.78, 5) is 0. The van der Waals surface area contributed by atoms with E-state index in [0.717, 1.165) is 124 Å². The van der Waals surface area contributed by atoms with Crippen LogP contribution in [0.1, 0.15) is 197 Å². The first-order chi connectivity index (χ1) is 44.5. The van der Waals surface area contributed by atoms with E-state index in [0.29, 0.717) is 47.2 Å². The highest BCUT2D eigenvalue weighted by atomic mass is 19.1. The fourth-order valence-electron chi connectivity index (χ4n) is 9.71. The molecule has 2 unspecified atom stereocenters. The van der Waals surface area contributed by atoms with Crippen LogP contribution in [-0.2, 0) is 36.8 Å². The second-order valence-corrected chi connectivity index (χ2v) is 23.0. The zero-order valence-electron chi connectivity index (χ0n) is 56.9. The van der Waals surface area contributed by atoms with Gasteiger partial charge in [0.2, 0.25) is 0 Å².